The van der Waals surface area contributed by atoms with Gasteiger partial charge in [-0.1, -0.05) is 30.3 Å². The molecule has 3 nitrogen and oxygen atoms in total. The number of rotatable bonds is 4. The van der Waals surface area contributed by atoms with Crippen molar-refractivity contribution in [1.29, 1.82) is 0 Å². The van der Waals surface area contributed by atoms with Crippen LogP contribution in [-0.2, 0) is 17.8 Å². The lowest BCUT2D eigenvalue weighted by Crippen LogP contribution is -2.34. The van der Waals surface area contributed by atoms with Gasteiger partial charge >= 0.3 is 0 Å². The van der Waals surface area contributed by atoms with Crippen molar-refractivity contribution in [2.75, 3.05) is 0 Å². The van der Waals surface area contributed by atoms with E-state index in [1.54, 1.807) is 6.07 Å². The standard InChI is InChI=1S/C14H13NO2/c16-14(17)9-13-7-4-8-15(11-13)10-12-5-2-1-3-6-12/h1-8,11H,9-10H2. The summed E-state index contributed by atoms with van der Waals surface area (Å²) in [4.78, 5) is 10.5. The van der Waals surface area contributed by atoms with E-state index in [2.05, 4.69) is 0 Å². The summed E-state index contributed by atoms with van der Waals surface area (Å²) < 4.78 is 1.97. The number of carboxylic acids is 1. The zero-order chi connectivity index (χ0) is 12.1. The normalized spacial score (nSPS) is 10.1. The van der Waals surface area contributed by atoms with Crippen LogP contribution in [0.1, 0.15) is 11.1 Å². The number of pyridine rings is 1. The number of hydrogen-bond donors (Lipinski definition) is 0. The van der Waals surface area contributed by atoms with E-state index in [0.717, 1.165) is 12.1 Å². The van der Waals surface area contributed by atoms with Crippen molar-refractivity contribution in [3.63, 3.8) is 0 Å². The number of carbonyl (C=O) groups is 1. The third-order valence-corrected chi connectivity index (χ3v) is 2.48. The summed E-state index contributed by atoms with van der Waals surface area (Å²) in [6.45, 7) is 0.738. The van der Waals surface area contributed by atoms with Gasteiger partial charge in [-0.05, 0) is 6.07 Å². The van der Waals surface area contributed by atoms with E-state index in [0.29, 0.717) is 0 Å². The zero-order valence-electron chi connectivity index (χ0n) is 9.37. The highest BCUT2D eigenvalue weighted by atomic mass is 16.4. The average Bonchev–Trinajstić information content (AvgIpc) is 2.30. The fourth-order valence-electron chi connectivity index (χ4n) is 1.74. The van der Waals surface area contributed by atoms with Crippen molar-refractivity contribution >= 4 is 5.97 Å². The molecule has 0 atom stereocenters. The van der Waals surface area contributed by atoms with Crippen LogP contribution >= 0.6 is 0 Å². The molecule has 1 aromatic carbocycles. The Morgan fingerprint density at radius 1 is 1.06 bits per heavy atom. The molecular weight excluding hydrogens is 214 g/mol. The van der Waals surface area contributed by atoms with Gasteiger partial charge < -0.3 is 9.90 Å². The van der Waals surface area contributed by atoms with Gasteiger partial charge in [-0.15, -0.1) is 0 Å². The van der Waals surface area contributed by atoms with Crippen molar-refractivity contribution in [1.82, 2.24) is 0 Å². The van der Waals surface area contributed by atoms with Crippen LogP contribution in [0.15, 0.2) is 54.9 Å². The molecule has 0 amide bonds. The minimum atomic E-state index is -1.05. The number of carbonyl (C=O) groups excluding carboxylic acids is 1. The van der Waals surface area contributed by atoms with Crippen molar-refractivity contribution in [2.24, 2.45) is 0 Å². The third-order valence-electron chi connectivity index (χ3n) is 2.48. The summed E-state index contributed by atoms with van der Waals surface area (Å²) in [5.41, 5.74) is 1.94. The number of nitrogens with zero attached hydrogens (tertiary/aromatic N) is 1. The van der Waals surface area contributed by atoms with Crippen molar-refractivity contribution in [2.45, 2.75) is 13.0 Å². The fourth-order valence-corrected chi connectivity index (χ4v) is 1.74. The molecule has 2 aromatic rings. The lowest BCUT2D eigenvalue weighted by Gasteiger charge is -2.02. The Labute approximate surface area is 100.0 Å². The van der Waals surface area contributed by atoms with Gasteiger partial charge in [0.2, 0.25) is 0 Å². The highest BCUT2D eigenvalue weighted by Gasteiger charge is 2.04. The summed E-state index contributed by atoms with van der Waals surface area (Å²) in [6.07, 6.45) is 3.71. The van der Waals surface area contributed by atoms with E-state index in [1.165, 1.54) is 5.56 Å². The first-order valence-electron chi connectivity index (χ1n) is 5.46. The number of hydrogen-bond acceptors (Lipinski definition) is 2. The van der Waals surface area contributed by atoms with Crippen molar-refractivity contribution in [3.05, 3.63) is 66.0 Å². The Morgan fingerprint density at radius 3 is 2.47 bits per heavy atom. The van der Waals surface area contributed by atoms with Gasteiger partial charge in [0.1, 0.15) is 0 Å². The second-order valence-electron chi connectivity index (χ2n) is 3.92. The first-order valence-corrected chi connectivity index (χ1v) is 5.46. The van der Waals surface area contributed by atoms with Crippen LogP contribution in [0.5, 0.6) is 0 Å². The molecule has 1 heterocycles. The predicted octanol–water partition coefficient (Wildman–Crippen LogP) is 0.315. The molecule has 0 spiro atoms. The number of aliphatic carboxylic acids is 1. The number of carboxylic acid groups (broad SMARTS) is 1. The maximum atomic E-state index is 10.5. The molecule has 17 heavy (non-hydrogen) atoms. The van der Waals surface area contributed by atoms with E-state index < -0.39 is 5.97 Å². The van der Waals surface area contributed by atoms with Crippen molar-refractivity contribution in [3.8, 4) is 0 Å². The molecule has 0 N–H and O–H groups in total. The molecule has 0 aliphatic rings. The second kappa shape index (κ2) is 5.25. The monoisotopic (exact) mass is 227 g/mol. The molecule has 0 unspecified atom stereocenters. The summed E-state index contributed by atoms with van der Waals surface area (Å²) in [5, 5.41) is 10.5. The van der Waals surface area contributed by atoms with Crippen LogP contribution < -0.4 is 9.67 Å². The minimum Gasteiger partial charge on any atom is -0.550 e. The van der Waals surface area contributed by atoms with E-state index in [-0.39, 0.29) is 6.42 Å². The maximum absolute atomic E-state index is 10.5. The van der Waals surface area contributed by atoms with E-state index in [9.17, 15) is 9.90 Å². The fraction of sp³-hybridized carbons (Fsp3) is 0.143. The van der Waals surface area contributed by atoms with Crippen LogP contribution in [0.2, 0.25) is 0 Å². The van der Waals surface area contributed by atoms with E-state index in [4.69, 9.17) is 0 Å². The molecule has 2 rings (SSSR count). The van der Waals surface area contributed by atoms with Gasteiger partial charge in [0, 0.05) is 29.6 Å². The Hall–Kier alpha value is -2.16. The van der Waals surface area contributed by atoms with Crippen LogP contribution in [0.3, 0.4) is 0 Å². The van der Waals surface area contributed by atoms with Crippen LogP contribution in [0.25, 0.3) is 0 Å². The molecule has 86 valence electrons. The molecule has 0 aliphatic carbocycles. The van der Waals surface area contributed by atoms with E-state index >= 15 is 0 Å². The summed E-state index contributed by atoms with van der Waals surface area (Å²) in [7, 11) is 0. The lowest BCUT2D eigenvalue weighted by molar-refractivity contribution is -0.688. The molecule has 0 aliphatic heterocycles. The Balaban J connectivity index is 2.14. The maximum Gasteiger partial charge on any atom is 0.173 e. The Bertz CT molecular complexity index is 509. The van der Waals surface area contributed by atoms with Crippen LogP contribution in [0, 0.1) is 0 Å². The SMILES string of the molecule is O=C([O-])Cc1ccc[n+](Cc2ccccc2)c1. The topological polar surface area (TPSA) is 44.0 Å². The lowest BCUT2D eigenvalue weighted by atomic mass is 10.2. The first kappa shape index (κ1) is 11.3. The van der Waals surface area contributed by atoms with E-state index in [1.807, 2.05) is 53.4 Å². The Morgan fingerprint density at radius 2 is 1.76 bits per heavy atom. The molecule has 0 fully saturated rings. The van der Waals surface area contributed by atoms with Crippen molar-refractivity contribution < 1.29 is 14.5 Å². The molecule has 0 saturated carbocycles. The Kier molecular flexibility index (Phi) is 3.50. The molecular formula is C14H13NO2. The quantitative estimate of drug-likeness (QED) is 0.706. The van der Waals surface area contributed by atoms with Gasteiger partial charge in [0.15, 0.2) is 18.9 Å². The minimum absolute atomic E-state index is 0.0460. The van der Waals surface area contributed by atoms with Gasteiger partial charge in [-0.2, -0.15) is 0 Å². The van der Waals surface area contributed by atoms with Gasteiger partial charge in [-0.25, -0.2) is 4.57 Å². The third kappa shape index (κ3) is 3.41. The zero-order valence-corrected chi connectivity index (χ0v) is 9.37. The van der Waals surface area contributed by atoms with Gasteiger partial charge in [0.25, 0.3) is 0 Å². The molecule has 1 aromatic heterocycles. The summed E-state index contributed by atoms with van der Waals surface area (Å²) >= 11 is 0. The van der Waals surface area contributed by atoms with Crippen LogP contribution in [-0.4, -0.2) is 5.97 Å². The molecule has 3 heteroatoms. The first-order chi connectivity index (χ1) is 8.24. The highest BCUT2D eigenvalue weighted by molar-refractivity contribution is 5.67. The van der Waals surface area contributed by atoms with Gasteiger partial charge in [0.05, 0.1) is 0 Å². The van der Waals surface area contributed by atoms with Crippen LogP contribution in [0.4, 0.5) is 0 Å². The summed E-state index contributed by atoms with van der Waals surface area (Å²) in [5.74, 6) is -1.05. The number of benzene rings is 1. The molecule has 0 saturated heterocycles. The second-order valence-corrected chi connectivity index (χ2v) is 3.92. The van der Waals surface area contributed by atoms with Gasteiger partial charge in [-0.3, -0.25) is 0 Å². The molecule has 0 radical (unpaired) electrons. The predicted molar refractivity (Wildman–Crippen MR) is 60.9 cm³/mol. The number of aromatic nitrogens is 1. The largest absolute Gasteiger partial charge is 0.550 e. The highest BCUT2D eigenvalue weighted by Crippen LogP contribution is 1.99. The molecule has 0 bridgehead atoms. The average molecular weight is 227 g/mol. The summed E-state index contributed by atoms with van der Waals surface area (Å²) in [6, 6.07) is 13.7. The smallest absolute Gasteiger partial charge is 0.173 e.